The second-order valence-electron chi connectivity index (χ2n) is 3.06. The summed E-state index contributed by atoms with van der Waals surface area (Å²) in [5.74, 6) is 0. The van der Waals surface area contributed by atoms with E-state index in [9.17, 15) is 0 Å². The van der Waals surface area contributed by atoms with Crippen molar-refractivity contribution in [2.75, 3.05) is 12.5 Å². The number of halogens is 1. The van der Waals surface area contributed by atoms with Crippen molar-refractivity contribution in [3.8, 4) is 0 Å². The lowest BCUT2D eigenvalue weighted by Gasteiger charge is -2.14. The van der Waals surface area contributed by atoms with Gasteiger partial charge in [-0.05, 0) is 25.1 Å². The maximum atomic E-state index is 3.42. The number of alkyl halides is 1. The SMILES string of the molecule is Cc1ccccc1CN(C)CBr. The molecule has 0 aromatic heterocycles. The Morgan fingerprint density at radius 2 is 2.00 bits per heavy atom. The summed E-state index contributed by atoms with van der Waals surface area (Å²) in [6.07, 6.45) is 0. The van der Waals surface area contributed by atoms with E-state index in [0.717, 1.165) is 12.0 Å². The average Bonchev–Trinajstić information content (AvgIpc) is 2.09. The third-order valence-corrected chi connectivity index (χ3v) is 2.76. The van der Waals surface area contributed by atoms with Gasteiger partial charge in [0, 0.05) is 6.54 Å². The Bertz CT molecular complexity index is 247. The summed E-state index contributed by atoms with van der Waals surface area (Å²) in [6.45, 7) is 3.16. The van der Waals surface area contributed by atoms with E-state index >= 15 is 0 Å². The van der Waals surface area contributed by atoms with Crippen LogP contribution >= 0.6 is 15.9 Å². The lowest BCUT2D eigenvalue weighted by molar-refractivity contribution is 0.389. The minimum Gasteiger partial charge on any atom is -0.292 e. The highest BCUT2D eigenvalue weighted by atomic mass is 79.9. The van der Waals surface area contributed by atoms with Gasteiger partial charge < -0.3 is 0 Å². The molecule has 0 saturated carbocycles. The van der Waals surface area contributed by atoms with E-state index in [-0.39, 0.29) is 0 Å². The van der Waals surface area contributed by atoms with E-state index < -0.39 is 0 Å². The van der Waals surface area contributed by atoms with Gasteiger partial charge in [-0.25, -0.2) is 0 Å². The molecule has 66 valence electrons. The zero-order valence-corrected chi connectivity index (χ0v) is 9.13. The van der Waals surface area contributed by atoms with Crippen LogP contribution in [0.3, 0.4) is 0 Å². The van der Waals surface area contributed by atoms with Crippen molar-refractivity contribution in [2.24, 2.45) is 0 Å². The Kier molecular flexibility index (Phi) is 3.76. The van der Waals surface area contributed by atoms with Crippen LogP contribution in [-0.4, -0.2) is 17.4 Å². The molecular formula is C10H14BrN. The van der Waals surface area contributed by atoms with Crippen LogP contribution in [0.5, 0.6) is 0 Å². The number of nitrogens with zero attached hydrogens (tertiary/aromatic N) is 1. The molecule has 0 heterocycles. The molecular weight excluding hydrogens is 214 g/mol. The molecule has 0 atom stereocenters. The van der Waals surface area contributed by atoms with Gasteiger partial charge in [0.05, 0.1) is 5.45 Å². The number of benzene rings is 1. The highest BCUT2D eigenvalue weighted by Gasteiger charge is 1.99. The van der Waals surface area contributed by atoms with E-state index in [1.54, 1.807) is 0 Å². The van der Waals surface area contributed by atoms with Crippen LogP contribution < -0.4 is 0 Å². The molecule has 0 aliphatic carbocycles. The Morgan fingerprint density at radius 1 is 1.33 bits per heavy atom. The Labute approximate surface area is 82.5 Å². The highest BCUT2D eigenvalue weighted by molar-refractivity contribution is 9.09. The molecule has 0 unspecified atom stereocenters. The maximum absolute atomic E-state index is 3.42. The zero-order valence-electron chi connectivity index (χ0n) is 7.55. The predicted octanol–water partition coefficient (Wildman–Crippen LogP) is 2.78. The van der Waals surface area contributed by atoms with Crippen LogP contribution in [-0.2, 0) is 6.54 Å². The van der Waals surface area contributed by atoms with E-state index in [2.05, 4.69) is 59.1 Å². The molecule has 0 bridgehead atoms. The molecule has 1 aromatic carbocycles. The minimum atomic E-state index is 0.918. The third kappa shape index (κ3) is 2.61. The Morgan fingerprint density at radius 3 is 2.58 bits per heavy atom. The van der Waals surface area contributed by atoms with Crippen molar-refractivity contribution in [3.63, 3.8) is 0 Å². The first-order chi connectivity index (χ1) is 5.74. The van der Waals surface area contributed by atoms with Crippen LogP contribution in [0, 0.1) is 6.92 Å². The van der Waals surface area contributed by atoms with E-state index in [4.69, 9.17) is 0 Å². The Hall–Kier alpha value is -0.340. The van der Waals surface area contributed by atoms with Crippen LogP contribution in [0.25, 0.3) is 0 Å². The number of hydrogen-bond acceptors (Lipinski definition) is 1. The van der Waals surface area contributed by atoms with Gasteiger partial charge in [-0.1, -0.05) is 40.2 Å². The molecule has 0 aliphatic heterocycles. The monoisotopic (exact) mass is 227 g/mol. The Balaban J connectivity index is 2.69. The molecule has 0 fully saturated rings. The summed E-state index contributed by atoms with van der Waals surface area (Å²) in [5.41, 5.74) is 3.69. The fourth-order valence-electron chi connectivity index (χ4n) is 1.12. The van der Waals surface area contributed by atoms with Crippen LogP contribution in [0.2, 0.25) is 0 Å². The summed E-state index contributed by atoms with van der Waals surface area (Å²) < 4.78 is 0. The number of hydrogen-bond donors (Lipinski definition) is 0. The minimum absolute atomic E-state index is 0.918. The average molecular weight is 228 g/mol. The second-order valence-corrected chi connectivity index (χ2v) is 3.56. The summed E-state index contributed by atoms with van der Waals surface area (Å²) in [4.78, 5) is 2.22. The summed E-state index contributed by atoms with van der Waals surface area (Å²) in [6, 6.07) is 8.49. The third-order valence-electron chi connectivity index (χ3n) is 1.91. The van der Waals surface area contributed by atoms with Gasteiger partial charge in [-0.3, -0.25) is 4.90 Å². The topological polar surface area (TPSA) is 3.24 Å². The van der Waals surface area contributed by atoms with Crippen molar-refractivity contribution < 1.29 is 0 Å². The standard InChI is InChI=1S/C10H14BrN/c1-9-5-3-4-6-10(9)7-12(2)8-11/h3-6H,7-8H2,1-2H3. The zero-order chi connectivity index (χ0) is 8.97. The summed E-state index contributed by atoms with van der Waals surface area (Å²) in [5, 5.41) is 0. The first-order valence-electron chi connectivity index (χ1n) is 4.03. The smallest absolute Gasteiger partial charge is 0.0542 e. The lowest BCUT2D eigenvalue weighted by atomic mass is 10.1. The quantitative estimate of drug-likeness (QED) is 0.568. The largest absolute Gasteiger partial charge is 0.292 e. The molecule has 0 N–H and O–H groups in total. The molecule has 0 aliphatic rings. The van der Waals surface area contributed by atoms with E-state index in [1.165, 1.54) is 11.1 Å². The van der Waals surface area contributed by atoms with Gasteiger partial charge in [0.15, 0.2) is 0 Å². The van der Waals surface area contributed by atoms with E-state index in [0.29, 0.717) is 0 Å². The van der Waals surface area contributed by atoms with Gasteiger partial charge in [-0.15, -0.1) is 0 Å². The number of rotatable bonds is 3. The normalized spacial score (nSPS) is 10.7. The molecule has 0 radical (unpaired) electrons. The first-order valence-corrected chi connectivity index (χ1v) is 5.15. The number of aryl methyl sites for hydroxylation is 1. The lowest BCUT2D eigenvalue weighted by Crippen LogP contribution is -2.15. The van der Waals surface area contributed by atoms with Gasteiger partial charge in [0.1, 0.15) is 0 Å². The van der Waals surface area contributed by atoms with Gasteiger partial charge in [0.2, 0.25) is 0 Å². The molecule has 0 amide bonds. The molecule has 12 heavy (non-hydrogen) atoms. The van der Waals surface area contributed by atoms with Crippen LogP contribution in [0.15, 0.2) is 24.3 Å². The van der Waals surface area contributed by atoms with Crippen molar-refractivity contribution in [3.05, 3.63) is 35.4 Å². The summed E-state index contributed by atoms with van der Waals surface area (Å²) >= 11 is 3.42. The van der Waals surface area contributed by atoms with Crippen molar-refractivity contribution in [1.82, 2.24) is 4.90 Å². The van der Waals surface area contributed by atoms with E-state index in [1.807, 2.05) is 0 Å². The van der Waals surface area contributed by atoms with Gasteiger partial charge in [0.25, 0.3) is 0 Å². The van der Waals surface area contributed by atoms with Crippen LogP contribution in [0.4, 0.5) is 0 Å². The van der Waals surface area contributed by atoms with Gasteiger partial charge in [-0.2, -0.15) is 0 Å². The van der Waals surface area contributed by atoms with Crippen molar-refractivity contribution in [1.29, 1.82) is 0 Å². The molecule has 2 heteroatoms. The van der Waals surface area contributed by atoms with Gasteiger partial charge >= 0.3 is 0 Å². The second kappa shape index (κ2) is 4.63. The fourth-order valence-corrected chi connectivity index (χ4v) is 1.30. The van der Waals surface area contributed by atoms with Crippen LogP contribution in [0.1, 0.15) is 11.1 Å². The summed E-state index contributed by atoms with van der Waals surface area (Å²) in [7, 11) is 2.10. The predicted molar refractivity (Wildman–Crippen MR) is 56.4 cm³/mol. The molecule has 1 aromatic rings. The van der Waals surface area contributed by atoms with Crippen molar-refractivity contribution in [2.45, 2.75) is 13.5 Å². The first kappa shape index (κ1) is 9.75. The fraction of sp³-hybridized carbons (Fsp3) is 0.400. The highest BCUT2D eigenvalue weighted by Crippen LogP contribution is 2.09. The molecule has 0 spiro atoms. The van der Waals surface area contributed by atoms with Crippen molar-refractivity contribution >= 4 is 15.9 Å². The molecule has 1 rings (SSSR count). The maximum Gasteiger partial charge on any atom is 0.0542 e. The molecule has 0 saturated heterocycles. The molecule has 1 nitrogen and oxygen atoms in total.